The Hall–Kier alpha value is -2.67. The van der Waals surface area contributed by atoms with Gasteiger partial charge in [-0.15, -0.1) is 0 Å². The smallest absolute Gasteiger partial charge is 0.226 e. The van der Waals surface area contributed by atoms with E-state index in [1.807, 2.05) is 53.5 Å². The van der Waals surface area contributed by atoms with Crippen LogP contribution in [0.25, 0.3) is 5.65 Å². The van der Waals surface area contributed by atoms with E-state index in [0.717, 1.165) is 22.9 Å². The number of carbonyl (C=O) groups excluding carboxylic acids is 1. The Morgan fingerprint density at radius 2 is 2.32 bits per heavy atom. The lowest BCUT2D eigenvalue weighted by atomic mass is 10.00. The van der Waals surface area contributed by atoms with Crippen LogP contribution in [0.5, 0.6) is 0 Å². The minimum atomic E-state index is -0.289. The molecule has 0 aromatic carbocycles. The van der Waals surface area contributed by atoms with E-state index in [9.17, 15) is 4.79 Å². The molecule has 25 heavy (non-hydrogen) atoms. The normalized spacial score (nSPS) is 20.2. The molecular formula is C18H21N5O2. The van der Waals surface area contributed by atoms with Crippen LogP contribution in [-0.4, -0.2) is 31.4 Å². The number of hydrogen-bond acceptors (Lipinski definition) is 4. The summed E-state index contributed by atoms with van der Waals surface area (Å²) in [7, 11) is 1.91. The van der Waals surface area contributed by atoms with E-state index in [0.29, 0.717) is 19.6 Å². The van der Waals surface area contributed by atoms with Gasteiger partial charge in [0.1, 0.15) is 17.6 Å². The number of ether oxygens (including phenoxy) is 1. The number of nitrogens with one attached hydrogen (secondary N) is 1. The highest BCUT2D eigenvalue weighted by Gasteiger charge is 2.37. The molecule has 3 aromatic heterocycles. The third-order valence-corrected chi connectivity index (χ3v) is 4.73. The van der Waals surface area contributed by atoms with Crippen LogP contribution < -0.4 is 5.32 Å². The molecule has 0 aliphatic carbocycles. The highest BCUT2D eigenvalue weighted by atomic mass is 16.5. The molecule has 7 nitrogen and oxygen atoms in total. The predicted molar refractivity (Wildman–Crippen MR) is 91.8 cm³/mol. The number of aromatic nitrogens is 4. The van der Waals surface area contributed by atoms with Crippen LogP contribution in [0.3, 0.4) is 0 Å². The molecule has 3 aromatic rings. The van der Waals surface area contributed by atoms with Crippen LogP contribution in [0.1, 0.15) is 29.7 Å². The van der Waals surface area contributed by atoms with Crippen LogP contribution in [0, 0.1) is 12.8 Å². The van der Waals surface area contributed by atoms with E-state index in [4.69, 9.17) is 4.74 Å². The fourth-order valence-electron chi connectivity index (χ4n) is 3.36. The molecule has 130 valence electrons. The molecular weight excluding hydrogens is 318 g/mol. The highest BCUT2D eigenvalue weighted by Crippen LogP contribution is 2.33. The van der Waals surface area contributed by atoms with Crippen molar-refractivity contribution < 1.29 is 9.53 Å². The number of rotatable bonds is 4. The maximum atomic E-state index is 12.7. The Morgan fingerprint density at radius 1 is 1.44 bits per heavy atom. The number of imidazole rings is 2. The maximum absolute atomic E-state index is 12.7. The van der Waals surface area contributed by atoms with Gasteiger partial charge in [0.05, 0.1) is 18.2 Å². The van der Waals surface area contributed by atoms with Gasteiger partial charge in [0.2, 0.25) is 5.91 Å². The number of nitrogens with zero attached hydrogens (tertiary/aromatic N) is 4. The van der Waals surface area contributed by atoms with E-state index >= 15 is 0 Å². The molecule has 1 fully saturated rings. The summed E-state index contributed by atoms with van der Waals surface area (Å²) in [6.07, 6.45) is 5.97. The molecule has 0 bridgehead atoms. The summed E-state index contributed by atoms with van der Waals surface area (Å²) < 4.78 is 9.69. The number of carbonyl (C=O) groups is 1. The quantitative estimate of drug-likeness (QED) is 0.786. The topological polar surface area (TPSA) is 73.4 Å². The summed E-state index contributed by atoms with van der Waals surface area (Å²) >= 11 is 0. The lowest BCUT2D eigenvalue weighted by molar-refractivity contribution is -0.127. The van der Waals surface area contributed by atoms with Gasteiger partial charge >= 0.3 is 0 Å². The molecule has 0 unspecified atom stereocenters. The number of amides is 1. The third-order valence-electron chi connectivity index (χ3n) is 4.73. The second-order valence-corrected chi connectivity index (χ2v) is 6.43. The average Bonchev–Trinajstić information content (AvgIpc) is 3.31. The van der Waals surface area contributed by atoms with Crippen molar-refractivity contribution in [2.24, 2.45) is 13.0 Å². The maximum Gasteiger partial charge on any atom is 0.226 e. The molecule has 1 aliphatic rings. The van der Waals surface area contributed by atoms with Gasteiger partial charge in [-0.3, -0.25) is 4.79 Å². The Balaban J connectivity index is 1.46. The molecule has 2 atom stereocenters. The van der Waals surface area contributed by atoms with Gasteiger partial charge in [-0.05, 0) is 25.5 Å². The lowest BCUT2D eigenvalue weighted by Gasteiger charge is -2.17. The first kappa shape index (κ1) is 15.8. The van der Waals surface area contributed by atoms with Crippen molar-refractivity contribution in [3.05, 3.63) is 54.0 Å². The first-order chi connectivity index (χ1) is 12.1. The molecule has 4 rings (SSSR count). The van der Waals surface area contributed by atoms with Crippen molar-refractivity contribution in [2.45, 2.75) is 26.0 Å². The van der Waals surface area contributed by atoms with Crippen LogP contribution in [0.4, 0.5) is 0 Å². The summed E-state index contributed by atoms with van der Waals surface area (Å²) in [6, 6.07) is 5.97. The lowest BCUT2D eigenvalue weighted by Crippen LogP contribution is -2.32. The van der Waals surface area contributed by atoms with Gasteiger partial charge in [0, 0.05) is 37.9 Å². The minimum absolute atomic E-state index is 0.0146. The van der Waals surface area contributed by atoms with Gasteiger partial charge in [-0.25, -0.2) is 9.97 Å². The number of fused-ring (bicyclic) bond motifs is 1. The monoisotopic (exact) mass is 339 g/mol. The molecule has 0 radical (unpaired) electrons. The largest absolute Gasteiger partial charge is 0.369 e. The predicted octanol–water partition coefficient (Wildman–Crippen LogP) is 1.77. The second kappa shape index (κ2) is 6.33. The van der Waals surface area contributed by atoms with Gasteiger partial charge in [0.15, 0.2) is 0 Å². The van der Waals surface area contributed by atoms with Crippen LogP contribution in [0.2, 0.25) is 0 Å². The second-order valence-electron chi connectivity index (χ2n) is 6.43. The Bertz CT molecular complexity index is 913. The summed E-state index contributed by atoms with van der Waals surface area (Å²) in [4.78, 5) is 21.5. The van der Waals surface area contributed by atoms with E-state index in [1.165, 1.54) is 0 Å². The zero-order chi connectivity index (χ0) is 17.4. The first-order valence-corrected chi connectivity index (χ1v) is 8.43. The van der Waals surface area contributed by atoms with Gasteiger partial charge in [0.25, 0.3) is 0 Å². The summed E-state index contributed by atoms with van der Waals surface area (Å²) in [5, 5.41) is 3.00. The molecule has 1 saturated heterocycles. The molecule has 1 N–H and O–H groups in total. The van der Waals surface area contributed by atoms with Crippen molar-refractivity contribution in [1.82, 2.24) is 24.3 Å². The number of pyridine rings is 1. The number of aryl methyl sites for hydroxylation is 2. The fraction of sp³-hybridized carbons (Fsp3) is 0.389. The van der Waals surface area contributed by atoms with Gasteiger partial charge < -0.3 is 19.0 Å². The SMILES string of the molecule is Cc1cccc2nc(CNC(=O)[C@@H]3CCO[C@H]3c3nccn3C)cn12. The molecule has 0 saturated carbocycles. The Kier molecular flexibility index (Phi) is 4.01. The zero-order valence-corrected chi connectivity index (χ0v) is 14.3. The molecule has 1 aliphatic heterocycles. The van der Waals surface area contributed by atoms with Crippen LogP contribution in [-0.2, 0) is 23.1 Å². The summed E-state index contributed by atoms with van der Waals surface area (Å²) in [6.45, 7) is 3.01. The first-order valence-electron chi connectivity index (χ1n) is 8.43. The van der Waals surface area contributed by atoms with Crippen molar-refractivity contribution in [3.63, 3.8) is 0 Å². The van der Waals surface area contributed by atoms with Gasteiger partial charge in [-0.1, -0.05) is 6.07 Å². The molecule has 0 spiro atoms. The Labute approximate surface area is 145 Å². The van der Waals surface area contributed by atoms with Crippen molar-refractivity contribution in [3.8, 4) is 0 Å². The number of hydrogen-bond donors (Lipinski definition) is 1. The van der Waals surface area contributed by atoms with E-state index in [1.54, 1.807) is 6.20 Å². The minimum Gasteiger partial charge on any atom is -0.369 e. The van der Waals surface area contributed by atoms with Crippen LogP contribution >= 0.6 is 0 Å². The van der Waals surface area contributed by atoms with Gasteiger partial charge in [-0.2, -0.15) is 0 Å². The molecule has 4 heterocycles. The average molecular weight is 339 g/mol. The van der Waals surface area contributed by atoms with E-state index in [2.05, 4.69) is 15.3 Å². The van der Waals surface area contributed by atoms with Crippen molar-refractivity contribution in [1.29, 1.82) is 0 Å². The third kappa shape index (κ3) is 2.91. The van der Waals surface area contributed by atoms with E-state index in [-0.39, 0.29) is 17.9 Å². The van der Waals surface area contributed by atoms with Crippen molar-refractivity contribution >= 4 is 11.6 Å². The summed E-state index contributed by atoms with van der Waals surface area (Å²) in [5.74, 6) is 0.556. The van der Waals surface area contributed by atoms with E-state index < -0.39 is 0 Å². The van der Waals surface area contributed by atoms with Crippen molar-refractivity contribution in [2.75, 3.05) is 6.61 Å². The van der Waals surface area contributed by atoms with Crippen LogP contribution in [0.15, 0.2) is 36.8 Å². The molecule has 7 heteroatoms. The standard InChI is InChI=1S/C18H21N5O2/c1-12-4-3-5-15-21-13(11-23(12)15)10-20-18(24)14-6-9-25-16(14)17-19-7-8-22(17)2/h3-5,7-8,11,14,16H,6,9-10H2,1-2H3,(H,20,24)/t14-,16-/m1/s1. The Morgan fingerprint density at radius 3 is 3.08 bits per heavy atom. The highest BCUT2D eigenvalue weighted by molar-refractivity contribution is 5.79. The zero-order valence-electron chi connectivity index (χ0n) is 14.3. The summed E-state index contributed by atoms with van der Waals surface area (Å²) in [5.41, 5.74) is 2.84. The molecule has 1 amide bonds. The fourth-order valence-corrected chi connectivity index (χ4v) is 3.36.